The lowest BCUT2D eigenvalue weighted by atomic mass is 10.2. The maximum Gasteiger partial charge on any atom is 0.265 e. The molecule has 1 atom stereocenters. The van der Waals surface area contributed by atoms with Crippen LogP contribution >= 0.6 is 0 Å². The van der Waals surface area contributed by atoms with Gasteiger partial charge in [-0.05, 0) is 49.4 Å². The standard InChI is InChI=1S/C23H24N2O6S/c1-16(31-17-9-5-4-6-10-17)23(26)24-20-15-18(13-14-22(20)30-3)32(27,28)25-19-11-7-8-12-21(19)29-2/h4-16,25H,1-3H3,(H,24,26). The van der Waals surface area contributed by atoms with Gasteiger partial charge in [0.2, 0.25) is 0 Å². The van der Waals surface area contributed by atoms with E-state index >= 15 is 0 Å². The van der Waals surface area contributed by atoms with E-state index < -0.39 is 22.0 Å². The van der Waals surface area contributed by atoms with Crippen LogP contribution in [0.4, 0.5) is 11.4 Å². The molecule has 9 heteroatoms. The van der Waals surface area contributed by atoms with E-state index in [1.165, 1.54) is 32.4 Å². The van der Waals surface area contributed by atoms with Gasteiger partial charge in [0.25, 0.3) is 15.9 Å². The number of amides is 1. The van der Waals surface area contributed by atoms with Crippen molar-refractivity contribution in [2.45, 2.75) is 17.9 Å². The molecule has 0 aliphatic carbocycles. The molecule has 0 saturated carbocycles. The summed E-state index contributed by atoms with van der Waals surface area (Å²) in [5, 5.41) is 2.67. The zero-order valence-corrected chi connectivity index (χ0v) is 18.7. The lowest BCUT2D eigenvalue weighted by molar-refractivity contribution is -0.122. The Balaban J connectivity index is 1.82. The van der Waals surface area contributed by atoms with Crippen molar-refractivity contribution in [1.29, 1.82) is 0 Å². The minimum absolute atomic E-state index is 0.0591. The van der Waals surface area contributed by atoms with Crippen molar-refractivity contribution < 1.29 is 27.4 Å². The van der Waals surface area contributed by atoms with Crippen molar-refractivity contribution in [2.24, 2.45) is 0 Å². The Hall–Kier alpha value is -3.72. The highest BCUT2D eigenvalue weighted by Gasteiger charge is 2.21. The van der Waals surface area contributed by atoms with Crippen molar-refractivity contribution in [3.05, 3.63) is 72.8 Å². The van der Waals surface area contributed by atoms with E-state index in [1.807, 2.05) is 6.07 Å². The highest BCUT2D eigenvalue weighted by molar-refractivity contribution is 7.92. The van der Waals surface area contributed by atoms with Gasteiger partial charge < -0.3 is 19.5 Å². The molecule has 0 bridgehead atoms. The Morgan fingerprint density at radius 1 is 0.844 bits per heavy atom. The molecule has 1 amide bonds. The molecule has 0 saturated heterocycles. The normalized spacial score (nSPS) is 11.8. The van der Waals surface area contributed by atoms with Gasteiger partial charge in [0, 0.05) is 0 Å². The van der Waals surface area contributed by atoms with Gasteiger partial charge in [-0.2, -0.15) is 0 Å². The Bertz CT molecular complexity index is 1180. The third-order valence-corrected chi connectivity index (χ3v) is 5.88. The quantitative estimate of drug-likeness (QED) is 0.506. The molecule has 8 nitrogen and oxygen atoms in total. The van der Waals surface area contributed by atoms with Crippen molar-refractivity contribution in [3.63, 3.8) is 0 Å². The second-order valence-electron chi connectivity index (χ2n) is 6.73. The fraction of sp³-hybridized carbons (Fsp3) is 0.174. The highest BCUT2D eigenvalue weighted by Crippen LogP contribution is 2.31. The van der Waals surface area contributed by atoms with Crippen molar-refractivity contribution in [3.8, 4) is 17.2 Å². The third kappa shape index (κ3) is 5.50. The molecule has 1 unspecified atom stereocenters. The second kappa shape index (κ2) is 10.1. The van der Waals surface area contributed by atoms with E-state index in [0.29, 0.717) is 22.9 Å². The second-order valence-corrected chi connectivity index (χ2v) is 8.41. The number of sulfonamides is 1. The zero-order chi connectivity index (χ0) is 23.1. The average Bonchev–Trinajstić information content (AvgIpc) is 2.79. The van der Waals surface area contributed by atoms with E-state index in [9.17, 15) is 13.2 Å². The summed E-state index contributed by atoms with van der Waals surface area (Å²) in [5.74, 6) is 0.769. The third-order valence-electron chi connectivity index (χ3n) is 4.52. The summed E-state index contributed by atoms with van der Waals surface area (Å²) in [6, 6.07) is 19.7. The smallest absolute Gasteiger partial charge is 0.265 e. The van der Waals surface area contributed by atoms with Crippen molar-refractivity contribution >= 4 is 27.3 Å². The van der Waals surface area contributed by atoms with Crippen molar-refractivity contribution in [2.75, 3.05) is 24.3 Å². The lowest BCUT2D eigenvalue weighted by Gasteiger charge is -2.17. The molecule has 0 spiro atoms. The Morgan fingerprint density at radius 2 is 1.47 bits per heavy atom. The van der Waals surface area contributed by atoms with Crippen LogP contribution in [-0.4, -0.2) is 34.6 Å². The Morgan fingerprint density at radius 3 is 2.16 bits per heavy atom. The van der Waals surface area contributed by atoms with E-state index in [2.05, 4.69) is 10.0 Å². The number of hydrogen-bond acceptors (Lipinski definition) is 6. The molecule has 0 aliphatic rings. The number of para-hydroxylation sites is 3. The monoisotopic (exact) mass is 456 g/mol. The van der Waals surface area contributed by atoms with Crippen LogP contribution in [0.25, 0.3) is 0 Å². The first-order valence-electron chi connectivity index (χ1n) is 9.70. The molecule has 3 aromatic rings. The van der Waals surface area contributed by atoms with Gasteiger partial charge in [-0.15, -0.1) is 0 Å². The maximum atomic E-state index is 12.9. The molecule has 3 rings (SSSR count). The minimum atomic E-state index is -3.97. The van der Waals surface area contributed by atoms with Crippen LogP contribution in [0, 0.1) is 0 Å². The number of rotatable bonds is 9. The average molecular weight is 457 g/mol. The summed E-state index contributed by atoms with van der Waals surface area (Å²) in [5.41, 5.74) is 0.491. The predicted octanol–water partition coefficient (Wildman–Crippen LogP) is 3.91. The number of nitrogens with one attached hydrogen (secondary N) is 2. The van der Waals surface area contributed by atoms with Gasteiger partial charge in [0.1, 0.15) is 17.2 Å². The van der Waals surface area contributed by atoms with Crippen LogP contribution in [0.1, 0.15) is 6.92 Å². The summed E-state index contributed by atoms with van der Waals surface area (Å²) in [6.07, 6.45) is -0.825. The highest BCUT2D eigenvalue weighted by atomic mass is 32.2. The molecule has 0 radical (unpaired) electrons. The summed E-state index contributed by atoms with van der Waals surface area (Å²) < 4.78 is 44.5. The Labute approximate surface area is 187 Å². The molecule has 0 heterocycles. The maximum absolute atomic E-state index is 12.9. The van der Waals surface area contributed by atoms with Crippen LogP contribution in [0.3, 0.4) is 0 Å². The molecule has 2 N–H and O–H groups in total. The zero-order valence-electron chi connectivity index (χ0n) is 17.9. The van der Waals surface area contributed by atoms with Gasteiger partial charge in [0.15, 0.2) is 6.10 Å². The van der Waals surface area contributed by atoms with Gasteiger partial charge in [-0.3, -0.25) is 9.52 Å². The van der Waals surface area contributed by atoms with Crippen LogP contribution in [0.2, 0.25) is 0 Å². The van der Waals surface area contributed by atoms with Gasteiger partial charge in [-0.25, -0.2) is 8.42 Å². The first-order valence-corrected chi connectivity index (χ1v) is 11.2. The van der Waals surface area contributed by atoms with Crippen LogP contribution < -0.4 is 24.2 Å². The van der Waals surface area contributed by atoms with Crippen LogP contribution in [0.15, 0.2) is 77.7 Å². The van der Waals surface area contributed by atoms with Gasteiger partial charge >= 0.3 is 0 Å². The number of anilines is 2. The van der Waals surface area contributed by atoms with Crippen LogP contribution in [-0.2, 0) is 14.8 Å². The fourth-order valence-electron chi connectivity index (χ4n) is 2.88. The number of hydrogen-bond donors (Lipinski definition) is 2. The molecule has 168 valence electrons. The van der Waals surface area contributed by atoms with E-state index in [1.54, 1.807) is 55.5 Å². The first-order chi connectivity index (χ1) is 15.3. The van der Waals surface area contributed by atoms with Gasteiger partial charge in [0.05, 0.1) is 30.5 Å². The molecule has 0 fully saturated rings. The van der Waals surface area contributed by atoms with Crippen molar-refractivity contribution in [1.82, 2.24) is 0 Å². The summed E-state index contributed by atoms with van der Waals surface area (Å²) >= 11 is 0. The summed E-state index contributed by atoms with van der Waals surface area (Å²) in [7, 11) is -1.09. The summed E-state index contributed by atoms with van der Waals surface area (Å²) in [6.45, 7) is 1.60. The first kappa shape index (κ1) is 23.0. The largest absolute Gasteiger partial charge is 0.495 e. The Kier molecular flexibility index (Phi) is 7.21. The number of carbonyl (C=O) groups is 1. The molecular weight excluding hydrogens is 432 g/mol. The van der Waals surface area contributed by atoms with E-state index in [4.69, 9.17) is 14.2 Å². The molecule has 0 aromatic heterocycles. The SMILES string of the molecule is COc1ccc(S(=O)(=O)Nc2ccccc2OC)cc1NC(=O)C(C)Oc1ccccc1. The minimum Gasteiger partial charge on any atom is -0.495 e. The number of carbonyl (C=O) groups excluding carboxylic acids is 1. The van der Waals surface area contributed by atoms with E-state index in [0.717, 1.165) is 0 Å². The van der Waals surface area contributed by atoms with Gasteiger partial charge in [-0.1, -0.05) is 30.3 Å². The predicted molar refractivity (Wildman–Crippen MR) is 122 cm³/mol. The topological polar surface area (TPSA) is 103 Å². The number of ether oxygens (including phenoxy) is 3. The lowest BCUT2D eigenvalue weighted by Crippen LogP contribution is -2.30. The molecule has 3 aromatic carbocycles. The number of benzene rings is 3. The molecule has 32 heavy (non-hydrogen) atoms. The molecule has 0 aliphatic heterocycles. The number of methoxy groups -OCH3 is 2. The van der Waals surface area contributed by atoms with E-state index in [-0.39, 0.29) is 10.6 Å². The summed E-state index contributed by atoms with van der Waals surface area (Å²) in [4.78, 5) is 12.6. The fourth-order valence-corrected chi connectivity index (χ4v) is 3.97. The molecular formula is C23H24N2O6S. The van der Waals surface area contributed by atoms with Crippen LogP contribution in [0.5, 0.6) is 17.2 Å².